The molecule has 118 valence electrons. The van der Waals surface area contributed by atoms with E-state index in [0.29, 0.717) is 13.0 Å². The maximum Gasteiger partial charge on any atom is 0.221 e. The third-order valence-corrected chi connectivity index (χ3v) is 3.95. The highest BCUT2D eigenvalue weighted by atomic mass is 16.3. The molecule has 1 atom stereocenters. The van der Waals surface area contributed by atoms with Gasteiger partial charge in [-0.05, 0) is 59.1 Å². The monoisotopic (exact) mass is 293 g/mol. The molecule has 2 heterocycles. The van der Waals surface area contributed by atoms with Crippen molar-refractivity contribution in [3.05, 3.63) is 23.7 Å². The summed E-state index contributed by atoms with van der Waals surface area (Å²) in [6.45, 7) is 5.52. The van der Waals surface area contributed by atoms with Gasteiger partial charge in [0.2, 0.25) is 5.91 Å². The lowest BCUT2D eigenvalue weighted by molar-refractivity contribution is -0.121. The molecule has 21 heavy (non-hydrogen) atoms. The van der Waals surface area contributed by atoms with Crippen molar-refractivity contribution in [2.75, 3.05) is 40.3 Å². The number of hydrogen-bond donors (Lipinski definition) is 1. The van der Waals surface area contributed by atoms with E-state index in [2.05, 4.69) is 10.2 Å². The van der Waals surface area contributed by atoms with Crippen molar-refractivity contribution in [1.29, 1.82) is 0 Å². The van der Waals surface area contributed by atoms with Gasteiger partial charge in [0.25, 0.3) is 0 Å². The quantitative estimate of drug-likeness (QED) is 0.833. The van der Waals surface area contributed by atoms with E-state index in [0.717, 1.165) is 31.2 Å². The first-order valence-electron chi connectivity index (χ1n) is 7.78. The smallest absolute Gasteiger partial charge is 0.221 e. The highest BCUT2D eigenvalue weighted by molar-refractivity contribution is 5.76. The molecule has 1 N–H and O–H groups in total. The van der Waals surface area contributed by atoms with Crippen molar-refractivity contribution in [2.45, 2.75) is 32.2 Å². The Morgan fingerprint density at radius 1 is 1.38 bits per heavy atom. The molecule has 5 nitrogen and oxygen atoms in total. The van der Waals surface area contributed by atoms with E-state index in [9.17, 15) is 4.79 Å². The molecular formula is C16H27N3O2. The van der Waals surface area contributed by atoms with Crippen LogP contribution in [-0.4, -0.2) is 56.0 Å². The first-order chi connectivity index (χ1) is 10.1. The summed E-state index contributed by atoms with van der Waals surface area (Å²) in [5.74, 6) is 1.99. The molecule has 0 bridgehead atoms. The molecule has 2 rings (SSSR count). The van der Waals surface area contributed by atoms with E-state index in [1.807, 2.05) is 38.1 Å². The molecule has 0 aliphatic carbocycles. The van der Waals surface area contributed by atoms with Gasteiger partial charge < -0.3 is 14.6 Å². The second-order valence-corrected chi connectivity index (χ2v) is 6.06. The molecule has 0 aromatic carbocycles. The molecule has 1 fully saturated rings. The van der Waals surface area contributed by atoms with Gasteiger partial charge in [-0.2, -0.15) is 0 Å². The molecule has 5 heteroatoms. The predicted octanol–water partition coefficient (Wildman–Crippen LogP) is 1.79. The van der Waals surface area contributed by atoms with Gasteiger partial charge in [-0.15, -0.1) is 0 Å². The van der Waals surface area contributed by atoms with E-state index >= 15 is 0 Å². The average Bonchev–Trinajstić information content (AvgIpc) is 3.09. The number of furan rings is 1. The van der Waals surface area contributed by atoms with Gasteiger partial charge in [-0.25, -0.2) is 0 Å². The van der Waals surface area contributed by atoms with Crippen LogP contribution >= 0.6 is 0 Å². The Morgan fingerprint density at radius 3 is 2.67 bits per heavy atom. The van der Waals surface area contributed by atoms with Crippen LogP contribution in [0.25, 0.3) is 0 Å². The number of likely N-dealkylation sites (tertiary alicyclic amines) is 1. The SMILES string of the molecule is Cc1ccc([C@H](CNC(=O)CCN(C)C)N2CCCC2)o1. The van der Waals surface area contributed by atoms with Crippen LogP contribution in [0.5, 0.6) is 0 Å². The molecule has 1 amide bonds. The molecule has 0 spiro atoms. The molecule has 0 saturated carbocycles. The Hall–Kier alpha value is -1.33. The van der Waals surface area contributed by atoms with Crippen molar-refractivity contribution in [2.24, 2.45) is 0 Å². The van der Waals surface area contributed by atoms with Crippen LogP contribution in [0.1, 0.15) is 36.8 Å². The van der Waals surface area contributed by atoms with Gasteiger partial charge >= 0.3 is 0 Å². The number of nitrogens with one attached hydrogen (secondary N) is 1. The minimum absolute atomic E-state index is 0.108. The number of carbonyl (C=O) groups excluding carboxylic acids is 1. The Labute approximate surface area is 127 Å². The van der Waals surface area contributed by atoms with Crippen LogP contribution in [0.3, 0.4) is 0 Å². The molecule has 1 aromatic heterocycles. The lowest BCUT2D eigenvalue weighted by Crippen LogP contribution is -2.37. The van der Waals surface area contributed by atoms with E-state index in [4.69, 9.17) is 4.42 Å². The zero-order chi connectivity index (χ0) is 15.2. The molecule has 1 aliphatic rings. The standard InChI is InChI=1S/C16H27N3O2/c1-13-6-7-15(21-13)14(19-9-4-5-10-19)12-17-16(20)8-11-18(2)3/h6-7,14H,4-5,8-12H2,1-3H3,(H,17,20)/t14-/m0/s1. The summed E-state index contributed by atoms with van der Waals surface area (Å²) >= 11 is 0. The van der Waals surface area contributed by atoms with Gasteiger partial charge in [0.15, 0.2) is 0 Å². The lowest BCUT2D eigenvalue weighted by atomic mass is 10.2. The average molecular weight is 293 g/mol. The van der Waals surface area contributed by atoms with E-state index in [1.54, 1.807) is 0 Å². The summed E-state index contributed by atoms with van der Waals surface area (Å²) in [7, 11) is 3.96. The Kier molecular flexibility index (Phi) is 5.82. The fourth-order valence-electron chi connectivity index (χ4n) is 2.72. The van der Waals surface area contributed by atoms with Gasteiger partial charge in [0, 0.05) is 19.5 Å². The zero-order valence-electron chi connectivity index (χ0n) is 13.4. The highest BCUT2D eigenvalue weighted by Gasteiger charge is 2.26. The minimum atomic E-state index is 0.108. The summed E-state index contributed by atoms with van der Waals surface area (Å²) < 4.78 is 5.79. The van der Waals surface area contributed by atoms with Crippen LogP contribution in [0.15, 0.2) is 16.5 Å². The number of rotatable bonds is 7. The third kappa shape index (κ3) is 4.86. The van der Waals surface area contributed by atoms with Crippen molar-refractivity contribution >= 4 is 5.91 Å². The molecule has 1 saturated heterocycles. The van der Waals surface area contributed by atoms with E-state index in [-0.39, 0.29) is 11.9 Å². The second-order valence-electron chi connectivity index (χ2n) is 6.06. The van der Waals surface area contributed by atoms with E-state index < -0.39 is 0 Å². The summed E-state index contributed by atoms with van der Waals surface area (Å²) in [6, 6.07) is 4.18. The number of amides is 1. The Balaban J connectivity index is 1.91. The summed E-state index contributed by atoms with van der Waals surface area (Å²) in [5.41, 5.74) is 0. The summed E-state index contributed by atoms with van der Waals surface area (Å²) in [6.07, 6.45) is 2.99. The minimum Gasteiger partial charge on any atom is -0.465 e. The van der Waals surface area contributed by atoms with Gasteiger partial charge in [0.05, 0.1) is 6.04 Å². The van der Waals surface area contributed by atoms with Gasteiger partial charge in [-0.3, -0.25) is 9.69 Å². The molecule has 1 aliphatic heterocycles. The highest BCUT2D eigenvalue weighted by Crippen LogP contribution is 2.26. The fraction of sp³-hybridized carbons (Fsp3) is 0.688. The zero-order valence-corrected chi connectivity index (χ0v) is 13.4. The molecule has 0 unspecified atom stereocenters. The third-order valence-electron chi connectivity index (χ3n) is 3.95. The number of carbonyl (C=O) groups is 1. The topological polar surface area (TPSA) is 48.7 Å². The van der Waals surface area contributed by atoms with Crippen LogP contribution in [0.4, 0.5) is 0 Å². The first-order valence-corrected chi connectivity index (χ1v) is 7.78. The van der Waals surface area contributed by atoms with Crippen LogP contribution in [-0.2, 0) is 4.79 Å². The Bertz CT molecular complexity index is 450. The first kappa shape index (κ1) is 16.0. The Morgan fingerprint density at radius 2 is 2.10 bits per heavy atom. The van der Waals surface area contributed by atoms with Crippen LogP contribution in [0, 0.1) is 6.92 Å². The van der Waals surface area contributed by atoms with Crippen molar-refractivity contribution in [3.8, 4) is 0 Å². The van der Waals surface area contributed by atoms with Gasteiger partial charge in [0.1, 0.15) is 11.5 Å². The lowest BCUT2D eigenvalue weighted by Gasteiger charge is -2.26. The summed E-state index contributed by atoms with van der Waals surface area (Å²) in [4.78, 5) is 16.3. The molecule has 0 radical (unpaired) electrons. The molecular weight excluding hydrogens is 266 g/mol. The maximum absolute atomic E-state index is 11.9. The van der Waals surface area contributed by atoms with Gasteiger partial charge in [-0.1, -0.05) is 0 Å². The van der Waals surface area contributed by atoms with Crippen molar-refractivity contribution in [1.82, 2.24) is 15.1 Å². The predicted molar refractivity (Wildman–Crippen MR) is 83.2 cm³/mol. The normalized spacial score (nSPS) is 17.3. The second kappa shape index (κ2) is 7.61. The number of hydrogen-bond acceptors (Lipinski definition) is 4. The fourth-order valence-corrected chi connectivity index (χ4v) is 2.72. The number of nitrogens with zero attached hydrogens (tertiary/aromatic N) is 2. The van der Waals surface area contributed by atoms with Crippen molar-refractivity contribution in [3.63, 3.8) is 0 Å². The van der Waals surface area contributed by atoms with Crippen LogP contribution < -0.4 is 5.32 Å². The number of aryl methyl sites for hydroxylation is 1. The maximum atomic E-state index is 11.9. The van der Waals surface area contributed by atoms with E-state index in [1.165, 1.54) is 12.8 Å². The molecule has 1 aromatic rings. The summed E-state index contributed by atoms with van der Waals surface area (Å²) in [5, 5.41) is 3.06. The van der Waals surface area contributed by atoms with Crippen molar-refractivity contribution < 1.29 is 9.21 Å². The largest absolute Gasteiger partial charge is 0.465 e. The van der Waals surface area contributed by atoms with Crippen LogP contribution in [0.2, 0.25) is 0 Å².